The van der Waals surface area contributed by atoms with Gasteiger partial charge in [-0.1, -0.05) is 18.9 Å². The fourth-order valence-corrected chi connectivity index (χ4v) is 2.33. The molecule has 1 aromatic rings. The highest BCUT2D eigenvalue weighted by atomic mass is 16.1. The number of hydrogen-bond donors (Lipinski definition) is 2. The first-order chi connectivity index (χ1) is 8.18. The van der Waals surface area contributed by atoms with Crippen LogP contribution in [0.5, 0.6) is 0 Å². The van der Waals surface area contributed by atoms with Crippen LogP contribution in [0.15, 0.2) is 24.4 Å². The van der Waals surface area contributed by atoms with Gasteiger partial charge in [0.15, 0.2) is 0 Å². The van der Waals surface area contributed by atoms with Gasteiger partial charge in [-0.3, -0.25) is 9.78 Å². The summed E-state index contributed by atoms with van der Waals surface area (Å²) < 4.78 is 0. The molecule has 0 aliphatic heterocycles. The minimum Gasteiger partial charge on any atom is -0.350 e. The molecule has 0 bridgehead atoms. The lowest BCUT2D eigenvalue weighted by Gasteiger charge is -2.22. The Hall–Kier alpha value is -1.42. The van der Waals surface area contributed by atoms with Gasteiger partial charge in [0, 0.05) is 18.2 Å². The molecule has 1 aliphatic carbocycles. The van der Waals surface area contributed by atoms with Crippen molar-refractivity contribution in [2.24, 2.45) is 5.73 Å². The third kappa shape index (κ3) is 3.53. The topological polar surface area (TPSA) is 68.0 Å². The Morgan fingerprint density at radius 3 is 2.82 bits per heavy atom. The maximum Gasteiger partial charge on any atom is 0.222 e. The largest absolute Gasteiger partial charge is 0.350 e. The van der Waals surface area contributed by atoms with Crippen molar-refractivity contribution in [2.75, 3.05) is 0 Å². The van der Waals surface area contributed by atoms with Crippen molar-refractivity contribution in [3.63, 3.8) is 0 Å². The second-order valence-corrected chi connectivity index (χ2v) is 4.84. The van der Waals surface area contributed by atoms with Crippen LogP contribution in [0.4, 0.5) is 0 Å². The Balaban J connectivity index is 1.78. The Morgan fingerprint density at radius 2 is 2.18 bits per heavy atom. The summed E-state index contributed by atoms with van der Waals surface area (Å²) in [6, 6.07) is 5.67. The number of pyridine rings is 1. The van der Waals surface area contributed by atoms with Gasteiger partial charge in [-0.05, 0) is 25.0 Å². The number of carbonyl (C=O) groups excluding carboxylic acids is 1. The third-order valence-electron chi connectivity index (χ3n) is 3.30. The van der Waals surface area contributed by atoms with E-state index in [4.69, 9.17) is 5.73 Å². The number of carbonyl (C=O) groups is 1. The second kappa shape index (κ2) is 5.27. The molecule has 1 aromatic heterocycles. The molecule has 4 nitrogen and oxygen atoms in total. The minimum absolute atomic E-state index is 0.0278. The zero-order valence-corrected chi connectivity index (χ0v) is 9.98. The molecule has 0 atom stereocenters. The zero-order valence-electron chi connectivity index (χ0n) is 9.98. The summed E-state index contributed by atoms with van der Waals surface area (Å²) >= 11 is 0. The van der Waals surface area contributed by atoms with Crippen molar-refractivity contribution in [1.82, 2.24) is 10.3 Å². The van der Waals surface area contributed by atoms with E-state index < -0.39 is 0 Å². The van der Waals surface area contributed by atoms with E-state index in [1.165, 1.54) is 0 Å². The average molecular weight is 233 g/mol. The van der Waals surface area contributed by atoms with E-state index in [1.54, 1.807) is 6.20 Å². The first-order valence-corrected chi connectivity index (χ1v) is 6.13. The van der Waals surface area contributed by atoms with Crippen molar-refractivity contribution in [1.29, 1.82) is 0 Å². The Labute approximate surface area is 102 Å². The number of nitrogens with zero attached hydrogens (tertiary/aromatic N) is 1. The molecule has 4 heteroatoms. The summed E-state index contributed by atoms with van der Waals surface area (Å²) in [6.45, 7) is 0.482. The summed E-state index contributed by atoms with van der Waals surface area (Å²) in [5.74, 6) is 0.0278. The van der Waals surface area contributed by atoms with Crippen LogP contribution < -0.4 is 11.1 Å². The van der Waals surface area contributed by atoms with Crippen LogP contribution in [0.25, 0.3) is 0 Å². The van der Waals surface area contributed by atoms with Gasteiger partial charge in [0.05, 0.1) is 12.2 Å². The molecule has 1 fully saturated rings. The monoisotopic (exact) mass is 233 g/mol. The van der Waals surface area contributed by atoms with E-state index >= 15 is 0 Å². The Kier molecular flexibility index (Phi) is 3.74. The normalized spacial score (nSPS) is 17.9. The van der Waals surface area contributed by atoms with E-state index in [9.17, 15) is 4.79 Å². The van der Waals surface area contributed by atoms with Gasteiger partial charge in [0.1, 0.15) is 0 Å². The molecule has 3 N–H and O–H groups in total. The summed E-state index contributed by atoms with van der Waals surface area (Å²) in [4.78, 5) is 15.9. The maximum atomic E-state index is 11.8. The Bertz CT molecular complexity index is 372. The first-order valence-electron chi connectivity index (χ1n) is 6.13. The van der Waals surface area contributed by atoms with Crippen LogP contribution in [-0.4, -0.2) is 16.4 Å². The van der Waals surface area contributed by atoms with E-state index in [0.717, 1.165) is 31.4 Å². The third-order valence-corrected chi connectivity index (χ3v) is 3.30. The molecule has 92 valence electrons. The zero-order chi connectivity index (χ0) is 12.1. The smallest absolute Gasteiger partial charge is 0.222 e. The van der Waals surface area contributed by atoms with Gasteiger partial charge in [-0.2, -0.15) is 0 Å². The number of amides is 1. The molecular formula is C13H19N3O. The molecule has 0 aromatic carbocycles. The molecule has 0 radical (unpaired) electrons. The molecule has 1 amide bonds. The van der Waals surface area contributed by atoms with E-state index in [0.29, 0.717) is 13.0 Å². The van der Waals surface area contributed by atoms with Crippen LogP contribution in [0.2, 0.25) is 0 Å². The summed E-state index contributed by atoms with van der Waals surface area (Å²) in [5.41, 5.74) is 6.76. The average Bonchev–Trinajstić information content (AvgIpc) is 2.74. The van der Waals surface area contributed by atoms with Gasteiger partial charge in [-0.25, -0.2) is 0 Å². The molecule has 2 rings (SSSR count). The first kappa shape index (κ1) is 12.0. The quantitative estimate of drug-likeness (QED) is 0.825. The molecule has 17 heavy (non-hydrogen) atoms. The van der Waals surface area contributed by atoms with Gasteiger partial charge < -0.3 is 11.1 Å². The standard InChI is InChI=1S/C13H19N3O/c14-13(6-2-3-7-13)9-12(17)16-10-11-5-1-4-8-15-11/h1,4-5,8H,2-3,6-7,9-10,14H2,(H,16,17). The van der Waals surface area contributed by atoms with Crippen LogP contribution >= 0.6 is 0 Å². The van der Waals surface area contributed by atoms with Crippen molar-refractivity contribution >= 4 is 5.91 Å². The highest BCUT2D eigenvalue weighted by Gasteiger charge is 2.31. The van der Waals surface area contributed by atoms with Gasteiger partial charge in [-0.15, -0.1) is 0 Å². The molecule has 1 heterocycles. The van der Waals surface area contributed by atoms with Crippen LogP contribution in [-0.2, 0) is 11.3 Å². The lowest BCUT2D eigenvalue weighted by Crippen LogP contribution is -2.42. The number of nitrogens with two attached hydrogens (primary N) is 1. The highest BCUT2D eigenvalue weighted by Crippen LogP contribution is 2.29. The van der Waals surface area contributed by atoms with Gasteiger partial charge in [0.25, 0.3) is 0 Å². The maximum absolute atomic E-state index is 11.8. The number of aromatic nitrogens is 1. The van der Waals surface area contributed by atoms with Gasteiger partial charge >= 0.3 is 0 Å². The molecular weight excluding hydrogens is 214 g/mol. The SMILES string of the molecule is NC1(CC(=O)NCc2ccccn2)CCCC1. The Morgan fingerprint density at radius 1 is 1.41 bits per heavy atom. The predicted octanol–water partition coefficient (Wildman–Crippen LogP) is 1.36. The van der Waals surface area contributed by atoms with E-state index in [2.05, 4.69) is 10.3 Å². The molecule has 1 saturated carbocycles. The molecule has 0 saturated heterocycles. The van der Waals surface area contributed by atoms with E-state index in [1.807, 2.05) is 18.2 Å². The lowest BCUT2D eigenvalue weighted by molar-refractivity contribution is -0.122. The summed E-state index contributed by atoms with van der Waals surface area (Å²) in [5, 5.41) is 2.87. The molecule has 0 spiro atoms. The lowest BCUT2D eigenvalue weighted by atomic mass is 9.94. The second-order valence-electron chi connectivity index (χ2n) is 4.84. The minimum atomic E-state index is -0.270. The van der Waals surface area contributed by atoms with Crippen molar-refractivity contribution in [3.8, 4) is 0 Å². The van der Waals surface area contributed by atoms with Gasteiger partial charge in [0.2, 0.25) is 5.91 Å². The highest BCUT2D eigenvalue weighted by molar-refractivity contribution is 5.77. The van der Waals surface area contributed by atoms with E-state index in [-0.39, 0.29) is 11.4 Å². The number of rotatable bonds is 4. The van der Waals surface area contributed by atoms with Crippen molar-refractivity contribution in [3.05, 3.63) is 30.1 Å². The van der Waals surface area contributed by atoms with Crippen LogP contribution in [0.3, 0.4) is 0 Å². The molecule has 1 aliphatic rings. The van der Waals surface area contributed by atoms with Crippen molar-refractivity contribution in [2.45, 2.75) is 44.2 Å². The van der Waals surface area contributed by atoms with Crippen molar-refractivity contribution < 1.29 is 4.79 Å². The molecule has 0 unspecified atom stereocenters. The van der Waals surface area contributed by atoms with Crippen LogP contribution in [0.1, 0.15) is 37.8 Å². The number of hydrogen-bond acceptors (Lipinski definition) is 3. The fourth-order valence-electron chi connectivity index (χ4n) is 2.33. The van der Waals surface area contributed by atoms with Crippen LogP contribution in [0, 0.1) is 0 Å². The summed E-state index contributed by atoms with van der Waals surface area (Å²) in [7, 11) is 0. The predicted molar refractivity (Wildman–Crippen MR) is 66.1 cm³/mol. The summed E-state index contributed by atoms with van der Waals surface area (Å²) in [6.07, 6.45) is 6.37. The fraction of sp³-hybridized carbons (Fsp3) is 0.538. The number of nitrogens with one attached hydrogen (secondary N) is 1.